The number of methoxy groups -OCH3 is 2. The fraction of sp³-hybridized carbons (Fsp3) is 0.294. The van der Waals surface area contributed by atoms with Gasteiger partial charge in [-0.1, -0.05) is 17.7 Å². The number of benzene rings is 2. The highest BCUT2D eigenvalue weighted by Crippen LogP contribution is 2.37. The highest BCUT2D eigenvalue weighted by molar-refractivity contribution is 6.30. The Labute approximate surface area is 130 Å². The summed E-state index contributed by atoms with van der Waals surface area (Å²) in [5.74, 6) is 1.50. The zero-order chi connectivity index (χ0) is 15.6. The van der Waals surface area contributed by atoms with Crippen molar-refractivity contribution in [2.24, 2.45) is 5.73 Å². The zero-order valence-corrected chi connectivity index (χ0v) is 13.5. The van der Waals surface area contributed by atoms with Crippen LogP contribution in [0.4, 0.5) is 0 Å². The van der Waals surface area contributed by atoms with Crippen LogP contribution in [-0.4, -0.2) is 14.2 Å². The van der Waals surface area contributed by atoms with Gasteiger partial charge in [-0.2, -0.15) is 0 Å². The Balaban J connectivity index is 2.59. The van der Waals surface area contributed by atoms with E-state index in [1.807, 2.05) is 32.0 Å². The molecule has 0 bridgehead atoms. The average molecular weight is 306 g/mol. The van der Waals surface area contributed by atoms with Crippen LogP contribution >= 0.6 is 11.6 Å². The second kappa shape index (κ2) is 6.37. The largest absolute Gasteiger partial charge is 0.496 e. The van der Waals surface area contributed by atoms with E-state index < -0.39 is 0 Å². The van der Waals surface area contributed by atoms with E-state index in [0.717, 1.165) is 28.0 Å². The number of hydrogen-bond donors (Lipinski definition) is 1. The molecule has 1 atom stereocenters. The summed E-state index contributed by atoms with van der Waals surface area (Å²) in [4.78, 5) is 0. The van der Waals surface area contributed by atoms with Gasteiger partial charge in [-0.15, -0.1) is 0 Å². The van der Waals surface area contributed by atoms with Crippen molar-refractivity contribution < 1.29 is 9.47 Å². The maximum Gasteiger partial charge on any atom is 0.124 e. The van der Waals surface area contributed by atoms with E-state index in [0.29, 0.717) is 10.8 Å². The summed E-state index contributed by atoms with van der Waals surface area (Å²) in [6.07, 6.45) is 0. The first-order valence-corrected chi connectivity index (χ1v) is 7.10. The molecule has 0 radical (unpaired) electrons. The Morgan fingerprint density at radius 2 is 1.67 bits per heavy atom. The van der Waals surface area contributed by atoms with Gasteiger partial charge in [0.2, 0.25) is 0 Å². The van der Waals surface area contributed by atoms with Gasteiger partial charge in [-0.3, -0.25) is 0 Å². The van der Waals surface area contributed by atoms with Crippen LogP contribution < -0.4 is 15.2 Å². The average Bonchev–Trinajstić information content (AvgIpc) is 2.45. The number of hydrogen-bond acceptors (Lipinski definition) is 3. The summed E-state index contributed by atoms with van der Waals surface area (Å²) in [7, 11) is 3.28. The van der Waals surface area contributed by atoms with Gasteiger partial charge in [0.15, 0.2) is 0 Å². The normalized spacial score (nSPS) is 12.1. The van der Waals surface area contributed by atoms with Gasteiger partial charge >= 0.3 is 0 Å². The topological polar surface area (TPSA) is 44.5 Å². The summed E-state index contributed by atoms with van der Waals surface area (Å²) < 4.78 is 10.9. The van der Waals surface area contributed by atoms with Crippen LogP contribution in [0, 0.1) is 13.8 Å². The lowest BCUT2D eigenvalue weighted by Crippen LogP contribution is -2.16. The number of halogens is 1. The van der Waals surface area contributed by atoms with E-state index in [4.69, 9.17) is 26.8 Å². The maximum absolute atomic E-state index is 6.47. The number of rotatable bonds is 4. The van der Waals surface area contributed by atoms with E-state index >= 15 is 0 Å². The monoisotopic (exact) mass is 305 g/mol. The lowest BCUT2D eigenvalue weighted by atomic mass is 9.93. The number of ether oxygens (including phenoxy) is 2. The molecule has 0 aliphatic heterocycles. The predicted octanol–water partition coefficient (Wildman–Crippen LogP) is 4.02. The van der Waals surface area contributed by atoms with E-state index in [9.17, 15) is 0 Å². The molecule has 0 saturated carbocycles. The van der Waals surface area contributed by atoms with Crippen LogP contribution in [0.25, 0.3) is 0 Å². The fourth-order valence-electron chi connectivity index (χ4n) is 2.61. The van der Waals surface area contributed by atoms with Crippen molar-refractivity contribution >= 4 is 11.6 Å². The number of nitrogens with two attached hydrogens (primary N) is 1. The molecule has 4 heteroatoms. The molecule has 0 fully saturated rings. The minimum atomic E-state index is -0.366. The van der Waals surface area contributed by atoms with Crippen LogP contribution in [-0.2, 0) is 0 Å². The van der Waals surface area contributed by atoms with Crippen molar-refractivity contribution in [3.05, 3.63) is 57.6 Å². The molecule has 0 aliphatic carbocycles. The van der Waals surface area contributed by atoms with Crippen LogP contribution in [0.15, 0.2) is 30.3 Å². The molecule has 0 aliphatic rings. The third-order valence-corrected chi connectivity index (χ3v) is 3.79. The van der Waals surface area contributed by atoms with Gasteiger partial charge in [0, 0.05) is 16.1 Å². The lowest BCUT2D eigenvalue weighted by Gasteiger charge is -2.21. The molecule has 21 heavy (non-hydrogen) atoms. The van der Waals surface area contributed by atoms with Gasteiger partial charge < -0.3 is 15.2 Å². The van der Waals surface area contributed by atoms with Crippen molar-refractivity contribution in [2.75, 3.05) is 14.2 Å². The highest BCUT2D eigenvalue weighted by Gasteiger charge is 2.20. The smallest absolute Gasteiger partial charge is 0.124 e. The second-order valence-electron chi connectivity index (χ2n) is 5.06. The quantitative estimate of drug-likeness (QED) is 0.928. The van der Waals surface area contributed by atoms with E-state index in [2.05, 4.69) is 6.07 Å². The van der Waals surface area contributed by atoms with Gasteiger partial charge in [-0.25, -0.2) is 0 Å². The standard InChI is InChI=1S/C17H20ClNO2/c1-10-7-11(2)16(15(8-10)21-4)17(19)13-9-12(18)5-6-14(13)20-3/h5-9,17H,19H2,1-4H3. The Morgan fingerprint density at radius 1 is 1.00 bits per heavy atom. The van der Waals surface area contributed by atoms with Crippen LogP contribution in [0.3, 0.4) is 0 Å². The molecule has 0 spiro atoms. The Kier molecular flexibility index (Phi) is 4.76. The second-order valence-corrected chi connectivity index (χ2v) is 5.50. The molecule has 0 amide bonds. The zero-order valence-electron chi connectivity index (χ0n) is 12.7. The molecule has 3 nitrogen and oxygen atoms in total. The van der Waals surface area contributed by atoms with Crippen molar-refractivity contribution in [3.8, 4) is 11.5 Å². The molecule has 112 valence electrons. The molecule has 2 rings (SSSR count). The fourth-order valence-corrected chi connectivity index (χ4v) is 2.79. The minimum absolute atomic E-state index is 0.366. The first-order valence-electron chi connectivity index (χ1n) is 6.72. The van der Waals surface area contributed by atoms with Crippen molar-refractivity contribution in [1.29, 1.82) is 0 Å². The molecule has 2 N–H and O–H groups in total. The first-order chi connectivity index (χ1) is 9.97. The van der Waals surface area contributed by atoms with E-state index in [1.165, 1.54) is 0 Å². The predicted molar refractivity (Wildman–Crippen MR) is 86.5 cm³/mol. The molecule has 0 aromatic heterocycles. The maximum atomic E-state index is 6.47. The van der Waals surface area contributed by atoms with Crippen LogP contribution in [0.5, 0.6) is 11.5 Å². The third-order valence-electron chi connectivity index (χ3n) is 3.55. The van der Waals surface area contributed by atoms with Gasteiger partial charge in [0.1, 0.15) is 11.5 Å². The molecular formula is C17H20ClNO2. The Morgan fingerprint density at radius 3 is 2.29 bits per heavy atom. The Hall–Kier alpha value is -1.71. The molecule has 2 aromatic rings. The van der Waals surface area contributed by atoms with E-state index in [1.54, 1.807) is 20.3 Å². The SMILES string of the molecule is COc1ccc(Cl)cc1C(N)c1c(C)cc(C)cc1OC. The van der Waals surface area contributed by atoms with Gasteiger partial charge in [-0.05, 0) is 49.2 Å². The summed E-state index contributed by atoms with van der Waals surface area (Å²) in [5, 5.41) is 0.630. The summed E-state index contributed by atoms with van der Waals surface area (Å²) in [6, 6.07) is 9.16. The molecular weight excluding hydrogens is 286 g/mol. The number of aryl methyl sites for hydroxylation is 2. The highest BCUT2D eigenvalue weighted by atomic mass is 35.5. The Bertz CT molecular complexity index is 655. The molecule has 2 aromatic carbocycles. The van der Waals surface area contributed by atoms with Crippen LogP contribution in [0.2, 0.25) is 5.02 Å². The summed E-state index contributed by atoms with van der Waals surface area (Å²) in [5.41, 5.74) is 10.5. The molecule has 1 unspecified atom stereocenters. The molecule has 0 saturated heterocycles. The van der Waals surface area contributed by atoms with E-state index in [-0.39, 0.29) is 6.04 Å². The minimum Gasteiger partial charge on any atom is -0.496 e. The molecule has 0 heterocycles. The van der Waals surface area contributed by atoms with Crippen molar-refractivity contribution in [1.82, 2.24) is 0 Å². The van der Waals surface area contributed by atoms with Crippen LogP contribution in [0.1, 0.15) is 28.3 Å². The van der Waals surface area contributed by atoms with Gasteiger partial charge in [0.05, 0.1) is 20.3 Å². The van der Waals surface area contributed by atoms with Crippen molar-refractivity contribution in [3.63, 3.8) is 0 Å². The lowest BCUT2D eigenvalue weighted by molar-refractivity contribution is 0.399. The third kappa shape index (κ3) is 3.14. The summed E-state index contributed by atoms with van der Waals surface area (Å²) in [6.45, 7) is 4.06. The van der Waals surface area contributed by atoms with Gasteiger partial charge in [0.25, 0.3) is 0 Å². The first kappa shape index (κ1) is 15.7. The summed E-state index contributed by atoms with van der Waals surface area (Å²) >= 11 is 6.10. The van der Waals surface area contributed by atoms with Crippen molar-refractivity contribution in [2.45, 2.75) is 19.9 Å².